The van der Waals surface area contributed by atoms with Crippen LogP contribution in [0.3, 0.4) is 0 Å². The molecule has 0 spiro atoms. The molecule has 1 N–H and O–H groups in total. The molecule has 1 saturated heterocycles. The number of alkyl halides is 3. The van der Waals surface area contributed by atoms with E-state index < -0.39 is 30.1 Å². The maximum atomic E-state index is 12.6. The van der Waals surface area contributed by atoms with Crippen molar-refractivity contribution in [2.45, 2.75) is 31.7 Å². The molecular weight excluding hydrogens is 293 g/mol. The highest BCUT2D eigenvalue weighted by Gasteiger charge is 2.38. The summed E-state index contributed by atoms with van der Waals surface area (Å²) in [4.78, 5) is 23.2. The lowest BCUT2D eigenvalue weighted by molar-refractivity contribution is -0.147. The fourth-order valence-electron chi connectivity index (χ4n) is 2.06. The van der Waals surface area contributed by atoms with Crippen molar-refractivity contribution in [3.05, 3.63) is 16.3 Å². The molecule has 1 amide bonds. The first kappa shape index (κ1) is 15.5. The molecule has 1 atom stereocenters. The molecule has 0 radical (unpaired) electrons. The Hall–Kier alpha value is -1.84. The van der Waals surface area contributed by atoms with Gasteiger partial charge in [-0.2, -0.15) is 13.2 Å². The molecule has 2 heterocycles. The molecule has 1 aromatic heterocycles. The maximum Gasteiger partial charge on any atom is 0.451 e. The first-order valence-corrected chi connectivity index (χ1v) is 6.38. The highest BCUT2D eigenvalue weighted by atomic mass is 19.4. The lowest BCUT2D eigenvalue weighted by atomic mass is 10.2. The summed E-state index contributed by atoms with van der Waals surface area (Å²) >= 11 is 0. The number of nitrogens with zero attached hydrogens (tertiary/aromatic N) is 3. The van der Waals surface area contributed by atoms with Crippen molar-refractivity contribution in [1.29, 1.82) is 0 Å². The van der Waals surface area contributed by atoms with E-state index >= 15 is 0 Å². The molecule has 7 nitrogen and oxygen atoms in total. The van der Waals surface area contributed by atoms with E-state index in [-0.39, 0.29) is 12.6 Å². The van der Waals surface area contributed by atoms with Gasteiger partial charge in [-0.3, -0.25) is 9.36 Å². The lowest BCUT2D eigenvalue weighted by Crippen LogP contribution is -2.37. The van der Waals surface area contributed by atoms with Crippen LogP contribution in [0.15, 0.2) is 4.79 Å². The van der Waals surface area contributed by atoms with E-state index in [1.165, 1.54) is 0 Å². The highest BCUT2D eigenvalue weighted by Crippen LogP contribution is 2.25. The molecule has 0 bridgehead atoms. The summed E-state index contributed by atoms with van der Waals surface area (Å²) < 4.78 is 43.9. The molecule has 21 heavy (non-hydrogen) atoms. The zero-order chi connectivity index (χ0) is 15.6. The van der Waals surface area contributed by atoms with Crippen molar-refractivity contribution in [2.24, 2.45) is 7.05 Å². The Morgan fingerprint density at radius 3 is 2.76 bits per heavy atom. The smallest absolute Gasteiger partial charge is 0.376 e. The second-order valence-electron chi connectivity index (χ2n) is 4.76. The summed E-state index contributed by atoms with van der Waals surface area (Å²) in [7, 11) is 0.957. The Balaban J connectivity index is 1.99. The summed E-state index contributed by atoms with van der Waals surface area (Å²) in [6, 6.07) is 0. The molecule has 0 saturated carbocycles. The zero-order valence-corrected chi connectivity index (χ0v) is 11.3. The van der Waals surface area contributed by atoms with E-state index in [0.29, 0.717) is 15.9 Å². The molecule has 1 aliphatic rings. The van der Waals surface area contributed by atoms with E-state index in [1.54, 1.807) is 0 Å². The van der Waals surface area contributed by atoms with E-state index in [9.17, 15) is 22.8 Å². The summed E-state index contributed by atoms with van der Waals surface area (Å²) in [5.74, 6) is -1.92. The average Bonchev–Trinajstić information content (AvgIpc) is 2.99. The minimum absolute atomic E-state index is 0.0832. The molecule has 10 heteroatoms. The van der Waals surface area contributed by atoms with Crippen LogP contribution in [0.1, 0.15) is 18.7 Å². The number of rotatable bonds is 4. The van der Waals surface area contributed by atoms with Crippen LogP contribution in [-0.2, 0) is 29.3 Å². The van der Waals surface area contributed by atoms with Crippen molar-refractivity contribution in [2.75, 3.05) is 13.2 Å². The molecule has 0 aliphatic carbocycles. The zero-order valence-electron chi connectivity index (χ0n) is 11.3. The largest absolute Gasteiger partial charge is 0.451 e. The summed E-state index contributed by atoms with van der Waals surface area (Å²) in [6.07, 6.45) is -3.09. The Morgan fingerprint density at radius 2 is 2.24 bits per heavy atom. The van der Waals surface area contributed by atoms with Crippen LogP contribution in [0.25, 0.3) is 0 Å². The van der Waals surface area contributed by atoms with Gasteiger partial charge in [-0.1, -0.05) is 0 Å². The molecule has 1 fully saturated rings. The quantitative estimate of drug-likeness (QED) is 0.842. The van der Waals surface area contributed by atoms with Gasteiger partial charge in [0.25, 0.3) is 0 Å². The van der Waals surface area contributed by atoms with Crippen LogP contribution in [0, 0.1) is 0 Å². The minimum atomic E-state index is -4.74. The Morgan fingerprint density at radius 1 is 1.52 bits per heavy atom. The predicted octanol–water partition coefficient (Wildman–Crippen LogP) is -0.104. The second-order valence-corrected chi connectivity index (χ2v) is 4.76. The summed E-state index contributed by atoms with van der Waals surface area (Å²) in [5, 5.41) is 5.66. The van der Waals surface area contributed by atoms with Crippen molar-refractivity contribution in [3.8, 4) is 0 Å². The Kier molecular flexibility index (Phi) is 4.35. The normalized spacial score (nSPS) is 19.0. The predicted molar refractivity (Wildman–Crippen MR) is 64.5 cm³/mol. The van der Waals surface area contributed by atoms with Gasteiger partial charge in [0.05, 0.1) is 6.10 Å². The van der Waals surface area contributed by atoms with Crippen LogP contribution < -0.4 is 11.0 Å². The first-order valence-electron chi connectivity index (χ1n) is 6.38. The standard InChI is InChI=1S/C11H15F3N4O3/c1-17-9(11(12,13)14)16-18(10(17)20)6-8(19)15-5-7-3-2-4-21-7/h7H,2-6H2,1H3,(H,15,19). The number of carbonyl (C=O) groups is 1. The van der Waals surface area contributed by atoms with Gasteiger partial charge in [0.15, 0.2) is 0 Å². The van der Waals surface area contributed by atoms with Crippen LogP contribution in [0.5, 0.6) is 0 Å². The van der Waals surface area contributed by atoms with Gasteiger partial charge >= 0.3 is 11.9 Å². The third-order valence-corrected chi connectivity index (χ3v) is 3.14. The summed E-state index contributed by atoms with van der Waals surface area (Å²) in [5.41, 5.74) is -0.991. The number of hydrogen-bond acceptors (Lipinski definition) is 4. The first-order chi connectivity index (χ1) is 9.79. The average molecular weight is 308 g/mol. The van der Waals surface area contributed by atoms with E-state index in [0.717, 1.165) is 19.9 Å². The van der Waals surface area contributed by atoms with E-state index in [2.05, 4.69) is 10.4 Å². The third kappa shape index (κ3) is 3.63. The topological polar surface area (TPSA) is 78.2 Å². The van der Waals surface area contributed by atoms with Crippen molar-refractivity contribution in [3.63, 3.8) is 0 Å². The molecule has 118 valence electrons. The summed E-state index contributed by atoms with van der Waals surface area (Å²) in [6.45, 7) is 0.344. The highest BCUT2D eigenvalue weighted by molar-refractivity contribution is 5.75. The third-order valence-electron chi connectivity index (χ3n) is 3.14. The lowest BCUT2D eigenvalue weighted by Gasteiger charge is -2.10. The van der Waals surface area contributed by atoms with Crippen molar-refractivity contribution < 1.29 is 22.7 Å². The van der Waals surface area contributed by atoms with Gasteiger partial charge in [-0.15, -0.1) is 5.10 Å². The van der Waals surface area contributed by atoms with Gasteiger partial charge < -0.3 is 10.1 Å². The number of nitrogens with one attached hydrogen (secondary N) is 1. The number of aromatic nitrogens is 3. The van der Waals surface area contributed by atoms with Gasteiger partial charge in [0.2, 0.25) is 11.7 Å². The van der Waals surface area contributed by atoms with Crippen LogP contribution in [0.4, 0.5) is 13.2 Å². The van der Waals surface area contributed by atoms with Crippen LogP contribution >= 0.6 is 0 Å². The number of amides is 1. The van der Waals surface area contributed by atoms with Crippen molar-refractivity contribution >= 4 is 5.91 Å². The van der Waals surface area contributed by atoms with Gasteiger partial charge in [0.1, 0.15) is 6.54 Å². The molecule has 1 aliphatic heterocycles. The fourth-order valence-corrected chi connectivity index (χ4v) is 2.06. The maximum absolute atomic E-state index is 12.6. The molecule has 0 aromatic carbocycles. The fraction of sp³-hybridized carbons (Fsp3) is 0.727. The van der Waals surface area contributed by atoms with Gasteiger partial charge in [0, 0.05) is 20.2 Å². The second kappa shape index (κ2) is 5.88. The SMILES string of the molecule is Cn1c(C(F)(F)F)nn(CC(=O)NCC2CCCO2)c1=O. The van der Waals surface area contributed by atoms with Gasteiger partial charge in [-0.25, -0.2) is 9.48 Å². The number of halogens is 3. The van der Waals surface area contributed by atoms with Crippen LogP contribution in [-0.4, -0.2) is 39.5 Å². The minimum Gasteiger partial charge on any atom is -0.376 e. The number of ether oxygens (including phenoxy) is 1. The van der Waals surface area contributed by atoms with Crippen molar-refractivity contribution in [1.82, 2.24) is 19.7 Å². The molecule has 1 unspecified atom stereocenters. The van der Waals surface area contributed by atoms with Crippen LogP contribution in [0.2, 0.25) is 0 Å². The number of hydrogen-bond donors (Lipinski definition) is 1. The number of carbonyl (C=O) groups excluding carboxylic acids is 1. The Bertz CT molecular complexity index is 572. The van der Waals surface area contributed by atoms with E-state index in [4.69, 9.17) is 4.74 Å². The van der Waals surface area contributed by atoms with Gasteiger partial charge in [-0.05, 0) is 12.8 Å². The molecule has 2 rings (SSSR count). The molecular formula is C11H15F3N4O3. The Labute approximate surface area is 117 Å². The molecule has 1 aromatic rings. The monoisotopic (exact) mass is 308 g/mol. The van der Waals surface area contributed by atoms with E-state index in [1.807, 2.05) is 0 Å².